The first kappa shape index (κ1) is 17.8. The number of rotatable bonds is 6. The van der Waals surface area contributed by atoms with E-state index < -0.39 is 0 Å². The summed E-state index contributed by atoms with van der Waals surface area (Å²) >= 11 is 0. The number of hydrogen-bond acceptors (Lipinski definition) is 1. The number of hydrogen-bond donors (Lipinski definition) is 1. The average molecular weight is 321 g/mol. The Morgan fingerprint density at radius 1 is 0.522 bits per heavy atom. The second-order valence-electron chi connectivity index (χ2n) is 9.14. The van der Waals surface area contributed by atoms with E-state index in [0.717, 1.165) is 36.5 Å². The Morgan fingerprint density at radius 2 is 1.00 bits per heavy atom. The van der Waals surface area contributed by atoms with Crippen LogP contribution in [0.15, 0.2) is 0 Å². The SMILES string of the molecule is OC1CCC(CCCCC2CCC(C3CCCCC3)CC2)CC1. The third kappa shape index (κ3) is 5.76. The first-order valence-corrected chi connectivity index (χ1v) is 11.0. The van der Waals surface area contributed by atoms with Crippen LogP contribution in [0.25, 0.3) is 0 Å². The topological polar surface area (TPSA) is 20.2 Å². The molecule has 0 aliphatic heterocycles. The Hall–Kier alpha value is -0.0400. The van der Waals surface area contributed by atoms with Crippen molar-refractivity contribution in [2.75, 3.05) is 0 Å². The summed E-state index contributed by atoms with van der Waals surface area (Å²) in [7, 11) is 0. The molecule has 3 rings (SSSR count). The van der Waals surface area contributed by atoms with Crippen LogP contribution >= 0.6 is 0 Å². The Labute approximate surface area is 144 Å². The molecule has 0 atom stereocenters. The van der Waals surface area contributed by atoms with Crippen LogP contribution in [0.1, 0.15) is 109 Å². The molecular weight excluding hydrogens is 280 g/mol. The predicted octanol–water partition coefficient (Wildman–Crippen LogP) is 6.48. The molecular formula is C22H40O. The summed E-state index contributed by atoms with van der Waals surface area (Å²) in [6, 6.07) is 0. The van der Waals surface area contributed by atoms with Gasteiger partial charge in [-0.2, -0.15) is 0 Å². The minimum Gasteiger partial charge on any atom is -0.393 e. The van der Waals surface area contributed by atoms with Crippen LogP contribution in [0, 0.1) is 23.7 Å². The van der Waals surface area contributed by atoms with E-state index in [4.69, 9.17) is 0 Å². The van der Waals surface area contributed by atoms with Crippen molar-refractivity contribution in [2.24, 2.45) is 23.7 Å². The lowest BCUT2D eigenvalue weighted by Crippen LogP contribution is -2.23. The highest BCUT2D eigenvalue weighted by Gasteiger charge is 2.28. The van der Waals surface area contributed by atoms with Gasteiger partial charge in [-0.05, 0) is 62.2 Å². The lowest BCUT2D eigenvalue weighted by Gasteiger charge is -2.36. The maximum absolute atomic E-state index is 9.58. The van der Waals surface area contributed by atoms with Crippen molar-refractivity contribution >= 4 is 0 Å². The van der Waals surface area contributed by atoms with Gasteiger partial charge in [0.05, 0.1) is 6.10 Å². The first-order valence-electron chi connectivity index (χ1n) is 11.0. The van der Waals surface area contributed by atoms with E-state index in [1.165, 1.54) is 70.6 Å². The predicted molar refractivity (Wildman–Crippen MR) is 98.5 cm³/mol. The van der Waals surface area contributed by atoms with Crippen molar-refractivity contribution in [1.82, 2.24) is 0 Å². The molecule has 3 aliphatic rings. The van der Waals surface area contributed by atoms with Crippen LogP contribution in [-0.4, -0.2) is 11.2 Å². The first-order chi connectivity index (χ1) is 11.3. The summed E-state index contributed by atoms with van der Waals surface area (Å²) in [4.78, 5) is 0. The molecule has 1 heteroatoms. The fourth-order valence-electron chi connectivity index (χ4n) is 5.85. The minimum absolute atomic E-state index is 0.0191. The van der Waals surface area contributed by atoms with Crippen LogP contribution in [0.2, 0.25) is 0 Å². The van der Waals surface area contributed by atoms with E-state index in [9.17, 15) is 5.11 Å². The minimum atomic E-state index is 0.0191. The lowest BCUT2D eigenvalue weighted by atomic mass is 9.70. The molecule has 0 unspecified atom stereocenters. The van der Waals surface area contributed by atoms with Crippen LogP contribution in [0.5, 0.6) is 0 Å². The van der Waals surface area contributed by atoms with Gasteiger partial charge in [-0.15, -0.1) is 0 Å². The third-order valence-corrected chi connectivity index (χ3v) is 7.50. The molecule has 0 aromatic rings. The molecule has 0 heterocycles. The highest BCUT2D eigenvalue weighted by Crippen LogP contribution is 2.41. The highest BCUT2D eigenvalue weighted by molar-refractivity contribution is 4.80. The van der Waals surface area contributed by atoms with Gasteiger partial charge in [0.25, 0.3) is 0 Å². The molecule has 0 spiro atoms. The van der Waals surface area contributed by atoms with Crippen LogP contribution in [-0.2, 0) is 0 Å². The summed E-state index contributed by atoms with van der Waals surface area (Å²) < 4.78 is 0. The van der Waals surface area contributed by atoms with Crippen molar-refractivity contribution in [2.45, 2.75) is 115 Å². The fourth-order valence-corrected chi connectivity index (χ4v) is 5.85. The highest BCUT2D eigenvalue weighted by atomic mass is 16.3. The summed E-state index contributed by atoms with van der Waals surface area (Å²) in [5, 5.41) is 9.58. The number of aliphatic hydroxyl groups excluding tert-OH is 1. The monoisotopic (exact) mass is 320 g/mol. The molecule has 1 nitrogen and oxygen atoms in total. The molecule has 0 amide bonds. The van der Waals surface area contributed by atoms with E-state index in [1.54, 1.807) is 25.7 Å². The quantitative estimate of drug-likeness (QED) is 0.555. The molecule has 0 aromatic carbocycles. The fraction of sp³-hybridized carbons (Fsp3) is 1.00. The summed E-state index contributed by atoms with van der Waals surface area (Å²) in [6.45, 7) is 0. The molecule has 3 saturated carbocycles. The molecule has 134 valence electrons. The van der Waals surface area contributed by atoms with E-state index in [0.29, 0.717) is 0 Å². The Bertz CT molecular complexity index is 304. The molecule has 0 bridgehead atoms. The van der Waals surface area contributed by atoms with Crippen molar-refractivity contribution < 1.29 is 5.11 Å². The van der Waals surface area contributed by atoms with E-state index in [-0.39, 0.29) is 6.10 Å². The molecule has 23 heavy (non-hydrogen) atoms. The smallest absolute Gasteiger partial charge is 0.0540 e. The van der Waals surface area contributed by atoms with Crippen molar-refractivity contribution in [1.29, 1.82) is 0 Å². The summed E-state index contributed by atoms with van der Waals surface area (Å²) in [5.41, 5.74) is 0. The van der Waals surface area contributed by atoms with E-state index in [2.05, 4.69) is 0 Å². The molecule has 3 aliphatic carbocycles. The largest absolute Gasteiger partial charge is 0.393 e. The molecule has 3 fully saturated rings. The van der Waals surface area contributed by atoms with Crippen molar-refractivity contribution in [3.63, 3.8) is 0 Å². The second-order valence-corrected chi connectivity index (χ2v) is 9.14. The maximum atomic E-state index is 9.58. The van der Waals surface area contributed by atoms with Gasteiger partial charge in [0.2, 0.25) is 0 Å². The van der Waals surface area contributed by atoms with Gasteiger partial charge in [0, 0.05) is 0 Å². The lowest BCUT2D eigenvalue weighted by molar-refractivity contribution is 0.105. The summed E-state index contributed by atoms with van der Waals surface area (Å²) in [5.74, 6) is 4.19. The van der Waals surface area contributed by atoms with Crippen LogP contribution in [0.3, 0.4) is 0 Å². The van der Waals surface area contributed by atoms with E-state index in [1.807, 2.05) is 0 Å². The maximum Gasteiger partial charge on any atom is 0.0540 e. The van der Waals surface area contributed by atoms with Crippen molar-refractivity contribution in [3.8, 4) is 0 Å². The van der Waals surface area contributed by atoms with Gasteiger partial charge in [-0.3, -0.25) is 0 Å². The Morgan fingerprint density at radius 3 is 1.57 bits per heavy atom. The Balaban J connectivity index is 1.23. The molecule has 0 saturated heterocycles. The normalized spacial score (nSPS) is 36.9. The summed E-state index contributed by atoms with van der Waals surface area (Å²) in [6.07, 6.45) is 24.4. The standard InChI is InChI=1S/C22H40O/c23-22-16-12-19(13-17-22)7-5-4-6-18-10-14-21(15-11-18)20-8-2-1-3-9-20/h18-23H,1-17H2. The average Bonchev–Trinajstić information content (AvgIpc) is 2.62. The zero-order chi connectivity index (χ0) is 15.9. The van der Waals surface area contributed by atoms with Gasteiger partial charge in [-0.25, -0.2) is 0 Å². The Kier molecular flexibility index (Phi) is 7.30. The zero-order valence-corrected chi connectivity index (χ0v) is 15.4. The number of aliphatic hydroxyl groups is 1. The zero-order valence-electron chi connectivity index (χ0n) is 15.4. The molecule has 0 radical (unpaired) electrons. The van der Waals surface area contributed by atoms with Gasteiger partial charge in [0.15, 0.2) is 0 Å². The number of unbranched alkanes of at least 4 members (excludes halogenated alkanes) is 1. The van der Waals surface area contributed by atoms with Gasteiger partial charge < -0.3 is 5.11 Å². The van der Waals surface area contributed by atoms with E-state index >= 15 is 0 Å². The van der Waals surface area contributed by atoms with Gasteiger partial charge in [-0.1, -0.05) is 70.6 Å². The molecule has 1 N–H and O–H groups in total. The van der Waals surface area contributed by atoms with Crippen LogP contribution < -0.4 is 0 Å². The van der Waals surface area contributed by atoms with Gasteiger partial charge in [0.1, 0.15) is 0 Å². The second kappa shape index (κ2) is 9.44. The molecule has 0 aromatic heterocycles. The third-order valence-electron chi connectivity index (χ3n) is 7.50. The van der Waals surface area contributed by atoms with Gasteiger partial charge >= 0.3 is 0 Å². The van der Waals surface area contributed by atoms with Crippen molar-refractivity contribution in [3.05, 3.63) is 0 Å². The van der Waals surface area contributed by atoms with Crippen LogP contribution in [0.4, 0.5) is 0 Å².